The van der Waals surface area contributed by atoms with Gasteiger partial charge >= 0.3 is 0 Å². The molecule has 1 amide bonds. The van der Waals surface area contributed by atoms with Crippen molar-refractivity contribution in [2.45, 2.75) is 6.61 Å². The molecular formula is C14H11BrClNO2. The highest BCUT2D eigenvalue weighted by Gasteiger charge is 2.07. The van der Waals surface area contributed by atoms with Gasteiger partial charge in [-0.25, -0.2) is 5.48 Å². The van der Waals surface area contributed by atoms with Crippen molar-refractivity contribution in [2.75, 3.05) is 0 Å². The molecule has 0 heterocycles. The number of rotatable bonds is 4. The molecule has 0 bridgehead atoms. The van der Waals surface area contributed by atoms with E-state index in [4.69, 9.17) is 16.4 Å². The summed E-state index contributed by atoms with van der Waals surface area (Å²) in [5, 5.41) is 0.482. The number of nitrogens with one attached hydrogen (secondary N) is 1. The standard InChI is InChI=1S/C14H11BrClNO2/c15-12-7-6-11(8-13(12)16)14(18)17-19-9-10-4-2-1-3-5-10/h1-8H,9H2,(H,17,18). The first kappa shape index (κ1) is 14.1. The molecule has 0 aliphatic carbocycles. The fourth-order valence-corrected chi connectivity index (χ4v) is 1.88. The summed E-state index contributed by atoms with van der Waals surface area (Å²) in [5.74, 6) is -0.328. The van der Waals surface area contributed by atoms with E-state index in [1.54, 1.807) is 18.2 Å². The quantitative estimate of drug-likeness (QED) is 0.856. The molecule has 2 aromatic rings. The molecule has 0 aliphatic heterocycles. The molecule has 19 heavy (non-hydrogen) atoms. The van der Waals surface area contributed by atoms with E-state index >= 15 is 0 Å². The highest BCUT2D eigenvalue weighted by atomic mass is 79.9. The highest BCUT2D eigenvalue weighted by molar-refractivity contribution is 9.10. The molecule has 0 saturated carbocycles. The van der Waals surface area contributed by atoms with Gasteiger partial charge in [0, 0.05) is 10.0 Å². The van der Waals surface area contributed by atoms with Gasteiger partial charge in [0.15, 0.2) is 0 Å². The number of carbonyl (C=O) groups is 1. The smallest absolute Gasteiger partial charge is 0.269 e. The lowest BCUT2D eigenvalue weighted by atomic mass is 10.2. The highest BCUT2D eigenvalue weighted by Crippen LogP contribution is 2.23. The van der Waals surface area contributed by atoms with Crippen molar-refractivity contribution >= 4 is 33.4 Å². The summed E-state index contributed by atoms with van der Waals surface area (Å²) >= 11 is 9.19. The van der Waals surface area contributed by atoms with Crippen LogP contribution in [-0.4, -0.2) is 5.91 Å². The van der Waals surface area contributed by atoms with Crippen molar-refractivity contribution < 1.29 is 9.63 Å². The zero-order valence-electron chi connectivity index (χ0n) is 9.90. The van der Waals surface area contributed by atoms with Crippen LogP contribution >= 0.6 is 27.5 Å². The molecule has 0 unspecified atom stereocenters. The molecule has 0 atom stereocenters. The van der Waals surface area contributed by atoms with Crippen molar-refractivity contribution in [1.82, 2.24) is 5.48 Å². The molecule has 0 radical (unpaired) electrons. The van der Waals surface area contributed by atoms with Crippen LogP contribution in [-0.2, 0) is 11.4 Å². The van der Waals surface area contributed by atoms with Crippen molar-refractivity contribution in [2.24, 2.45) is 0 Å². The molecule has 0 aliphatic rings. The van der Waals surface area contributed by atoms with Gasteiger partial charge in [-0.15, -0.1) is 0 Å². The SMILES string of the molecule is O=C(NOCc1ccccc1)c1ccc(Br)c(Cl)c1. The normalized spacial score (nSPS) is 10.2. The summed E-state index contributed by atoms with van der Waals surface area (Å²) in [4.78, 5) is 16.9. The zero-order valence-corrected chi connectivity index (χ0v) is 12.2. The second-order valence-electron chi connectivity index (χ2n) is 3.83. The minimum Gasteiger partial charge on any atom is -0.269 e. The predicted octanol–water partition coefficient (Wildman–Crippen LogP) is 3.96. The van der Waals surface area contributed by atoms with Crippen molar-refractivity contribution in [1.29, 1.82) is 0 Å². The lowest BCUT2D eigenvalue weighted by Gasteiger charge is -2.06. The Morgan fingerprint density at radius 2 is 1.95 bits per heavy atom. The Bertz CT molecular complexity index is 575. The molecule has 1 N–H and O–H groups in total. The van der Waals surface area contributed by atoms with Crippen LogP contribution in [0.25, 0.3) is 0 Å². The van der Waals surface area contributed by atoms with Crippen LogP contribution in [0.15, 0.2) is 53.0 Å². The fraction of sp³-hybridized carbons (Fsp3) is 0.0714. The topological polar surface area (TPSA) is 38.3 Å². The van der Waals surface area contributed by atoms with E-state index in [-0.39, 0.29) is 5.91 Å². The van der Waals surface area contributed by atoms with E-state index < -0.39 is 0 Å². The van der Waals surface area contributed by atoms with Gasteiger partial charge in [0.05, 0.1) is 11.6 Å². The number of hydrogen-bond acceptors (Lipinski definition) is 2. The fourth-order valence-electron chi connectivity index (χ4n) is 1.46. The molecule has 2 aromatic carbocycles. The number of carbonyl (C=O) groups excluding carboxylic acids is 1. The molecule has 0 spiro atoms. The minimum absolute atomic E-state index is 0.316. The maximum absolute atomic E-state index is 11.8. The Kier molecular flexibility index (Phi) is 4.96. The average molecular weight is 341 g/mol. The molecule has 2 rings (SSSR count). The van der Waals surface area contributed by atoms with Gasteiger partial charge < -0.3 is 0 Å². The number of halogens is 2. The third kappa shape index (κ3) is 4.06. The third-order valence-corrected chi connectivity index (χ3v) is 3.66. The first-order valence-electron chi connectivity index (χ1n) is 5.58. The van der Waals surface area contributed by atoms with Crippen molar-refractivity contribution in [3.8, 4) is 0 Å². The van der Waals surface area contributed by atoms with Gasteiger partial charge in [0.25, 0.3) is 5.91 Å². The van der Waals surface area contributed by atoms with Crippen molar-refractivity contribution in [3.63, 3.8) is 0 Å². The van der Waals surface area contributed by atoms with Gasteiger partial charge in [-0.05, 0) is 39.7 Å². The Morgan fingerprint density at radius 3 is 2.63 bits per heavy atom. The minimum atomic E-state index is -0.328. The largest absolute Gasteiger partial charge is 0.274 e. The molecule has 3 nitrogen and oxygen atoms in total. The summed E-state index contributed by atoms with van der Waals surface area (Å²) in [6, 6.07) is 14.5. The molecule has 0 saturated heterocycles. The Balaban J connectivity index is 1.89. The van der Waals surface area contributed by atoms with Crippen LogP contribution in [0.5, 0.6) is 0 Å². The van der Waals surface area contributed by atoms with Crippen LogP contribution in [0.3, 0.4) is 0 Å². The van der Waals surface area contributed by atoms with E-state index in [1.807, 2.05) is 30.3 Å². The predicted molar refractivity (Wildman–Crippen MR) is 77.8 cm³/mol. The van der Waals surface area contributed by atoms with E-state index in [2.05, 4.69) is 21.4 Å². The van der Waals surface area contributed by atoms with Gasteiger partial charge in [-0.1, -0.05) is 41.9 Å². The molecule has 98 valence electrons. The van der Waals surface area contributed by atoms with E-state index in [0.717, 1.165) is 10.0 Å². The zero-order chi connectivity index (χ0) is 13.7. The second kappa shape index (κ2) is 6.70. The van der Waals surface area contributed by atoms with Crippen LogP contribution in [0.2, 0.25) is 5.02 Å². The van der Waals surface area contributed by atoms with Gasteiger partial charge in [-0.2, -0.15) is 0 Å². The number of amides is 1. The summed E-state index contributed by atoms with van der Waals surface area (Å²) in [6.45, 7) is 0.316. The van der Waals surface area contributed by atoms with Crippen LogP contribution in [0.1, 0.15) is 15.9 Å². The molecule has 0 aromatic heterocycles. The summed E-state index contributed by atoms with van der Waals surface area (Å²) in [5.41, 5.74) is 3.81. The number of hydroxylamine groups is 1. The van der Waals surface area contributed by atoms with E-state index in [0.29, 0.717) is 17.2 Å². The molecule has 5 heteroatoms. The molecule has 0 fully saturated rings. The lowest BCUT2D eigenvalue weighted by Crippen LogP contribution is -2.23. The second-order valence-corrected chi connectivity index (χ2v) is 5.10. The summed E-state index contributed by atoms with van der Waals surface area (Å²) in [6.07, 6.45) is 0. The first-order valence-corrected chi connectivity index (χ1v) is 6.75. The van der Waals surface area contributed by atoms with Crippen LogP contribution in [0.4, 0.5) is 0 Å². The third-order valence-electron chi connectivity index (χ3n) is 2.43. The Labute approximate surface area is 124 Å². The van der Waals surface area contributed by atoms with Crippen LogP contribution < -0.4 is 5.48 Å². The Hall–Kier alpha value is -1.36. The Morgan fingerprint density at radius 1 is 1.21 bits per heavy atom. The van der Waals surface area contributed by atoms with Gasteiger partial charge in [0.1, 0.15) is 0 Å². The average Bonchev–Trinajstić information content (AvgIpc) is 2.43. The summed E-state index contributed by atoms with van der Waals surface area (Å²) < 4.78 is 0.746. The van der Waals surface area contributed by atoms with Crippen LogP contribution in [0, 0.1) is 0 Å². The van der Waals surface area contributed by atoms with E-state index in [9.17, 15) is 4.79 Å². The van der Waals surface area contributed by atoms with Gasteiger partial charge in [0.2, 0.25) is 0 Å². The maximum atomic E-state index is 11.8. The number of hydrogen-bond donors (Lipinski definition) is 1. The maximum Gasteiger partial charge on any atom is 0.274 e. The number of benzene rings is 2. The monoisotopic (exact) mass is 339 g/mol. The molecular weight excluding hydrogens is 330 g/mol. The van der Waals surface area contributed by atoms with Gasteiger partial charge in [-0.3, -0.25) is 9.63 Å². The first-order chi connectivity index (χ1) is 9.16. The summed E-state index contributed by atoms with van der Waals surface area (Å²) in [7, 11) is 0. The van der Waals surface area contributed by atoms with E-state index in [1.165, 1.54) is 0 Å². The van der Waals surface area contributed by atoms with Crippen molar-refractivity contribution in [3.05, 3.63) is 69.2 Å². The lowest BCUT2D eigenvalue weighted by molar-refractivity contribution is 0.0233.